The van der Waals surface area contributed by atoms with Gasteiger partial charge in [-0.2, -0.15) is 0 Å². The summed E-state index contributed by atoms with van der Waals surface area (Å²) < 4.78 is 74.9. The monoisotopic (exact) mass is 244 g/mol. The van der Waals surface area contributed by atoms with E-state index in [4.69, 9.17) is 0 Å². The van der Waals surface area contributed by atoms with Gasteiger partial charge >= 0.3 is 0 Å². The van der Waals surface area contributed by atoms with Crippen molar-refractivity contribution in [2.24, 2.45) is 0 Å². The molecule has 1 aromatic carbocycles. The van der Waals surface area contributed by atoms with E-state index in [1.165, 1.54) is 0 Å². The van der Waals surface area contributed by atoms with Gasteiger partial charge in [-0.1, -0.05) is 0 Å². The van der Waals surface area contributed by atoms with Crippen molar-refractivity contribution in [1.29, 1.82) is 0 Å². The highest BCUT2D eigenvalue weighted by molar-refractivity contribution is 7.99. The van der Waals surface area contributed by atoms with Gasteiger partial charge in [-0.15, -0.1) is 0 Å². The fourth-order valence-corrected chi connectivity index (χ4v) is 1.90. The number of hydrogen-bond acceptors (Lipinski definition) is 1. The summed E-state index contributed by atoms with van der Waals surface area (Å²) in [6.45, 7) is 0. The molecule has 0 heterocycles. The van der Waals surface area contributed by atoms with E-state index >= 15 is 0 Å². The lowest BCUT2D eigenvalue weighted by Gasteiger charge is -2.08. The van der Waals surface area contributed by atoms with Crippen LogP contribution in [0.2, 0.25) is 0 Å². The minimum absolute atomic E-state index is 0.783. The first-order valence-electron chi connectivity index (χ1n) is 3.51. The fourth-order valence-electron chi connectivity index (χ4n) is 0.964. The summed E-state index contributed by atoms with van der Waals surface area (Å²) in [7, 11) is -3.52. The van der Waals surface area contributed by atoms with E-state index in [0.717, 1.165) is 6.26 Å². The van der Waals surface area contributed by atoms with Gasteiger partial charge in [0.25, 0.3) is 0 Å². The highest BCUT2D eigenvalue weighted by Gasteiger charge is 2.28. The van der Waals surface area contributed by atoms with Crippen LogP contribution in [0.25, 0.3) is 0 Å². The summed E-state index contributed by atoms with van der Waals surface area (Å²) in [4.78, 5) is -1.38. The first-order valence-corrected chi connectivity index (χ1v) is 5.65. The van der Waals surface area contributed by atoms with Crippen molar-refractivity contribution in [3.63, 3.8) is 0 Å². The lowest BCUT2D eigenvalue weighted by molar-refractivity contribution is 0.359. The van der Waals surface area contributed by atoms with Crippen LogP contribution in [-0.2, 0) is 9.52 Å². The number of benzene rings is 1. The molecule has 0 fully saturated rings. The van der Waals surface area contributed by atoms with Crippen LogP contribution in [-0.4, -0.2) is 16.3 Å². The maximum absolute atomic E-state index is 13.0. The Morgan fingerprint density at radius 1 is 0.867 bits per heavy atom. The molecule has 7 heteroatoms. The van der Waals surface area contributed by atoms with Crippen LogP contribution in [0.5, 0.6) is 0 Å². The Labute approximate surface area is 82.5 Å². The maximum Gasteiger partial charge on any atom is 0.200 e. The Balaban J connectivity index is 3.84. The van der Waals surface area contributed by atoms with Gasteiger partial charge < -0.3 is 0 Å². The van der Waals surface area contributed by atoms with Crippen LogP contribution in [0.3, 0.4) is 0 Å². The molecule has 1 rings (SSSR count). The normalized spacial score (nSPS) is 15.1. The van der Waals surface area contributed by atoms with Crippen molar-refractivity contribution >= 4 is 15.4 Å². The summed E-state index contributed by atoms with van der Waals surface area (Å²) in [6.07, 6.45) is 0.783. The Morgan fingerprint density at radius 3 is 1.40 bits per heavy atom. The van der Waals surface area contributed by atoms with Gasteiger partial charge in [0, 0.05) is 6.26 Å². The van der Waals surface area contributed by atoms with Gasteiger partial charge in [-0.05, 0) is 15.4 Å². The highest BCUT2D eigenvalue weighted by atomic mass is 32.2. The molecule has 84 valence electrons. The third-order valence-electron chi connectivity index (χ3n) is 1.60. The highest BCUT2D eigenvalue weighted by Crippen LogP contribution is 2.26. The molecule has 0 saturated heterocycles. The van der Waals surface area contributed by atoms with Crippen LogP contribution >= 0.6 is 0 Å². The Hall–Kier alpha value is -1.11. The summed E-state index contributed by atoms with van der Waals surface area (Å²) >= 11 is 0. The van der Waals surface area contributed by atoms with Gasteiger partial charge in [0.1, 0.15) is 4.90 Å². The predicted octanol–water partition coefficient (Wildman–Crippen LogP) is 2.09. The maximum atomic E-state index is 13.0. The third kappa shape index (κ3) is 1.83. The zero-order valence-corrected chi connectivity index (χ0v) is 8.23. The van der Waals surface area contributed by atoms with Gasteiger partial charge in [0.05, 0.1) is 0 Å². The fraction of sp³-hybridized carbons (Fsp3) is 0.125. The Bertz CT molecular complexity index is 491. The van der Waals surface area contributed by atoms with Crippen LogP contribution in [0.1, 0.15) is 0 Å². The summed E-state index contributed by atoms with van der Waals surface area (Å²) in [5.41, 5.74) is 0. The molecule has 0 aliphatic carbocycles. The summed E-state index contributed by atoms with van der Waals surface area (Å²) in [6, 6.07) is 0. The number of halogens is 5. The molecule has 1 atom stereocenters. The number of rotatable bonds is 1. The van der Waals surface area contributed by atoms with Crippen molar-refractivity contribution in [3.8, 4) is 0 Å². The van der Waals surface area contributed by atoms with Gasteiger partial charge in [-0.25, -0.2) is 22.0 Å². The van der Waals surface area contributed by atoms with Crippen LogP contribution in [0.15, 0.2) is 4.90 Å². The van der Waals surface area contributed by atoms with Crippen LogP contribution in [0.4, 0.5) is 22.0 Å². The average molecular weight is 244 g/mol. The lowest BCUT2D eigenvalue weighted by Crippen LogP contribution is -2.11. The van der Waals surface area contributed by atoms with E-state index in [9.17, 15) is 26.2 Å². The summed E-state index contributed by atoms with van der Waals surface area (Å²) in [5, 5.41) is 0. The van der Waals surface area contributed by atoms with E-state index in [-0.39, 0.29) is 0 Å². The number of hydrogen-bond donors (Lipinski definition) is 0. The molecule has 0 bridgehead atoms. The zero-order valence-electron chi connectivity index (χ0n) is 7.41. The van der Waals surface area contributed by atoms with E-state index in [2.05, 4.69) is 5.87 Å². The molecule has 0 aliphatic heterocycles. The molecule has 0 N–H and O–H groups in total. The largest absolute Gasteiger partial charge is 0.263 e. The van der Waals surface area contributed by atoms with Gasteiger partial charge in [0.15, 0.2) is 23.3 Å². The van der Waals surface area contributed by atoms with Gasteiger partial charge in [-0.3, -0.25) is 4.21 Å². The van der Waals surface area contributed by atoms with Gasteiger partial charge in [0.2, 0.25) is 5.82 Å². The molecule has 1 aromatic rings. The van der Waals surface area contributed by atoms with Crippen LogP contribution < -0.4 is 0 Å². The minimum Gasteiger partial charge on any atom is -0.263 e. The quantitative estimate of drug-likeness (QED) is 0.320. The summed E-state index contributed by atoms with van der Waals surface area (Å²) in [5.74, 6) is -7.87. The second kappa shape index (κ2) is 3.48. The minimum atomic E-state index is -3.52. The van der Waals surface area contributed by atoms with E-state index in [1.54, 1.807) is 0 Å². The molecule has 1 nitrogen and oxygen atoms in total. The van der Waals surface area contributed by atoms with E-state index in [1.807, 2.05) is 0 Å². The molecule has 0 saturated carbocycles. The molecule has 1 unspecified atom stereocenters. The molecule has 0 radical (unpaired) electrons. The Morgan fingerprint density at radius 2 is 1.13 bits per heavy atom. The van der Waals surface area contributed by atoms with Crippen molar-refractivity contribution in [1.82, 2.24) is 0 Å². The zero-order chi connectivity index (χ0) is 12.0. The first-order chi connectivity index (χ1) is 6.68. The second-order valence-electron chi connectivity index (χ2n) is 2.90. The van der Waals surface area contributed by atoms with Crippen molar-refractivity contribution < 1.29 is 26.2 Å². The molecular formula is C8H5F5OS. The average Bonchev–Trinajstić information content (AvgIpc) is 2.09. The molecule has 0 aromatic heterocycles. The van der Waals surface area contributed by atoms with Crippen LogP contribution in [0, 0.1) is 29.1 Å². The standard InChI is InChI=1S/C8H5F5OS/c1-15(2,14)8-6(12)4(10)3(9)5(11)7(8)13/h1H2,2H3. The first kappa shape index (κ1) is 12.0. The SMILES string of the molecule is C=S(C)(=O)c1c(F)c(F)c(F)c(F)c1F. The molecule has 0 amide bonds. The molecule has 0 aliphatic rings. The predicted molar refractivity (Wildman–Crippen MR) is 45.7 cm³/mol. The second-order valence-corrected chi connectivity index (χ2v) is 5.32. The molecule has 0 spiro atoms. The van der Waals surface area contributed by atoms with E-state index in [0.29, 0.717) is 0 Å². The Kier molecular flexibility index (Phi) is 2.77. The molecular weight excluding hydrogens is 239 g/mol. The smallest absolute Gasteiger partial charge is 0.200 e. The van der Waals surface area contributed by atoms with E-state index < -0.39 is 43.5 Å². The van der Waals surface area contributed by atoms with Crippen molar-refractivity contribution in [2.75, 3.05) is 6.26 Å². The van der Waals surface area contributed by atoms with Crippen molar-refractivity contribution in [3.05, 3.63) is 29.1 Å². The third-order valence-corrected chi connectivity index (χ3v) is 2.82. The lowest BCUT2D eigenvalue weighted by atomic mass is 10.3. The molecule has 15 heavy (non-hydrogen) atoms. The topological polar surface area (TPSA) is 17.1 Å². The van der Waals surface area contributed by atoms with Crippen molar-refractivity contribution in [2.45, 2.75) is 4.90 Å².